The van der Waals surface area contributed by atoms with E-state index in [0.29, 0.717) is 24.4 Å². The molecule has 1 aromatic rings. The van der Waals surface area contributed by atoms with Crippen molar-refractivity contribution in [3.63, 3.8) is 0 Å². The van der Waals surface area contributed by atoms with Crippen LogP contribution < -0.4 is 15.4 Å². The van der Waals surface area contributed by atoms with Gasteiger partial charge < -0.3 is 20.5 Å². The summed E-state index contributed by atoms with van der Waals surface area (Å²) in [4.78, 5) is 33.6. The van der Waals surface area contributed by atoms with Crippen LogP contribution in [-0.2, 0) is 14.4 Å². The maximum absolute atomic E-state index is 11.8. The number of ether oxygens (including phenoxy) is 1. The van der Waals surface area contributed by atoms with Gasteiger partial charge in [-0.1, -0.05) is 12.1 Å². The number of anilines is 1. The molecule has 0 radical (unpaired) electrons. The van der Waals surface area contributed by atoms with Gasteiger partial charge in [-0.25, -0.2) is 0 Å². The Bertz CT molecular complexity index is 550. The summed E-state index contributed by atoms with van der Waals surface area (Å²) in [5, 5.41) is 13.8. The van der Waals surface area contributed by atoms with E-state index in [0.717, 1.165) is 0 Å². The third kappa shape index (κ3) is 8.10. The molecule has 7 nitrogen and oxygen atoms in total. The van der Waals surface area contributed by atoms with Crippen molar-refractivity contribution >= 4 is 35.2 Å². The van der Waals surface area contributed by atoms with E-state index < -0.39 is 5.97 Å². The van der Waals surface area contributed by atoms with Crippen LogP contribution in [0.5, 0.6) is 5.75 Å². The lowest BCUT2D eigenvalue weighted by Gasteiger charge is -2.09. The smallest absolute Gasteiger partial charge is 0.303 e. The van der Waals surface area contributed by atoms with Crippen LogP contribution in [0, 0.1) is 0 Å². The van der Waals surface area contributed by atoms with Crippen LogP contribution in [0.4, 0.5) is 5.69 Å². The number of para-hydroxylation sites is 2. The van der Waals surface area contributed by atoms with Crippen molar-refractivity contribution in [3.8, 4) is 5.75 Å². The zero-order valence-electron chi connectivity index (χ0n) is 12.8. The summed E-state index contributed by atoms with van der Waals surface area (Å²) in [6.45, 7) is 0.319. The highest BCUT2D eigenvalue weighted by atomic mass is 32.2. The summed E-state index contributed by atoms with van der Waals surface area (Å²) in [5.74, 6) is -0.472. The van der Waals surface area contributed by atoms with E-state index in [4.69, 9.17) is 9.84 Å². The average Bonchev–Trinajstić information content (AvgIpc) is 2.52. The third-order valence-corrected chi connectivity index (χ3v) is 3.67. The van der Waals surface area contributed by atoms with Gasteiger partial charge in [0.05, 0.1) is 24.3 Å². The summed E-state index contributed by atoms with van der Waals surface area (Å²) < 4.78 is 5.13. The Labute approximate surface area is 138 Å². The molecule has 1 rings (SSSR count). The fourth-order valence-corrected chi connectivity index (χ4v) is 2.34. The number of carbonyl (C=O) groups is 3. The minimum absolute atomic E-state index is 0.0226. The molecule has 126 valence electrons. The first-order chi connectivity index (χ1) is 11.0. The largest absolute Gasteiger partial charge is 0.495 e. The molecule has 0 saturated carbocycles. The fraction of sp³-hybridized carbons (Fsp3) is 0.400. The van der Waals surface area contributed by atoms with Gasteiger partial charge in [0.2, 0.25) is 11.8 Å². The van der Waals surface area contributed by atoms with Gasteiger partial charge in [-0.05, 0) is 18.6 Å². The molecule has 1 aromatic carbocycles. The van der Waals surface area contributed by atoms with Gasteiger partial charge in [-0.15, -0.1) is 11.8 Å². The molecule has 3 N–H and O–H groups in total. The van der Waals surface area contributed by atoms with Crippen molar-refractivity contribution in [3.05, 3.63) is 24.3 Å². The number of rotatable bonds is 10. The van der Waals surface area contributed by atoms with Gasteiger partial charge in [0.1, 0.15) is 5.75 Å². The molecular weight excluding hydrogens is 320 g/mol. The highest BCUT2D eigenvalue weighted by molar-refractivity contribution is 8.00. The molecule has 8 heteroatoms. The van der Waals surface area contributed by atoms with Crippen LogP contribution in [0.3, 0.4) is 0 Å². The summed E-state index contributed by atoms with van der Waals surface area (Å²) in [7, 11) is 1.52. The minimum atomic E-state index is -0.887. The van der Waals surface area contributed by atoms with E-state index in [9.17, 15) is 14.4 Å². The molecule has 23 heavy (non-hydrogen) atoms. The quantitative estimate of drug-likeness (QED) is 0.555. The van der Waals surface area contributed by atoms with Crippen molar-refractivity contribution in [2.75, 3.05) is 30.5 Å². The number of methoxy groups -OCH3 is 1. The molecule has 2 amide bonds. The monoisotopic (exact) mass is 340 g/mol. The second-order valence-corrected chi connectivity index (χ2v) is 5.57. The molecule has 0 saturated heterocycles. The standard InChI is InChI=1S/C15H20N2O5S/c1-22-12-6-3-2-5-11(12)17-14(19)10-23-9-13(18)16-8-4-7-15(20)21/h2-3,5-6H,4,7-10H2,1H3,(H,16,18)(H,17,19)(H,20,21). The lowest BCUT2D eigenvalue weighted by molar-refractivity contribution is -0.137. The first-order valence-electron chi connectivity index (χ1n) is 7.02. The van der Waals surface area contributed by atoms with Crippen LogP contribution in [0.15, 0.2) is 24.3 Å². The maximum Gasteiger partial charge on any atom is 0.303 e. The van der Waals surface area contributed by atoms with Crippen molar-refractivity contribution in [1.29, 1.82) is 0 Å². The molecular formula is C15H20N2O5S. The van der Waals surface area contributed by atoms with Gasteiger partial charge in [-0.2, -0.15) is 0 Å². The van der Waals surface area contributed by atoms with Crippen molar-refractivity contribution < 1.29 is 24.2 Å². The highest BCUT2D eigenvalue weighted by Crippen LogP contribution is 2.23. The molecule has 0 spiro atoms. The molecule has 0 heterocycles. The Morgan fingerprint density at radius 2 is 1.87 bits per heavy atom. The first kappa shape index (κ1) is 18.8. The number of carboxylic acid groups (broad SMARTS) is 1. The Morgan fingerprint density at radius 1 is 1.17 bits per heavy atom. The molecule has 0 bridgehead atoms. The zero-order chi connectivity index (χ0) is 17.1. The second-order valence-electron chi connectivity index (χ2n) is 4.59. The predicted molar refractivity (Wildman–Crippen MR) is 88.8 cm³/mol. The number of nitrogens with one attached hydrogen (secondary N) is 2. The number of hydrogen-bond acceptors (Lipinski definition) is 5. The zero-order valence-corrected chi connectivity index (χ0v) is 13.6. The number of carbonyl (C=O) groups excluding carboxylic acids is 2. The normalized spacial score (nSPS) is 9.96. The van der Waals surface area contributed by atoms with Gasteiger partial charge in [0, 0.05) is 13.0 Å². The van der Waals surface area contributed by atoms with E-state index in [2.05, 4.69) is 10.6 Å². The predicted octanol–water partition coefficient (Wildman–Crippen LogP) is 1.35. The summed E-state index contributed by atoms with van der Waals surface area (Å²) in [6, 6.07) is 7.07. The number of benzene rings is 1. The van der Waals surface area contributed by atoms with Crippen LogP contribution in [0.25, 0.3) is 0 Å². The van der Waals surface area contributed by atoms with E-state index in [1.165, 1.54) is 18.9 Å². The lowest BCUT2D eigenvalue weighted by atomic mass is 10.3. The van der Waals surface area contributed by atoms with E-state index in [-0.39, 0.29) is 29.7 Å². The van der Waals surface area contributed by atoms with E-state index in [1.807, 2.05) is 0 Å². The number of hydrogen-bond donors (Lipinski definition) is 3. The average molecular weight is 340 g/mol. The molecule has 0 unspecified atom stereocenters. The Kier molecular flexibility index (Phi) is 8.59. The first-order valence-corrected chi connectivity index (χ1v) is 8.17. The van der Waals surface area contributed by atoms with E-state index >= 15 is 0 Å². The van der Waals surface area contributed by atoms with Crippen molar-refractivity contribution in [2.45, 2.75) is 12.8 Å². The van der Waals surface area contributed by atoms with Crippen LogP contribution in [-0.4, -0.2) is 48.1 Å². The highest BCUT2D eigenvalue weighted by Gasteiger charge is 2.08. The number of carboxylic acids is 1. The Morgan fingerprint density at radius 3 is 2.57 bits per heavy atom. The topological polar surface area (TPSA) is 105 Å². The summed E-state index contributed by atoms with van der Waals surface area (Å²) in [5.41, 5.74) is 0.582. The minimum Gasteiger partial charge on any atom is -0.495 e. The van der Waals surface area contributed by atoms with Gasteiger partial charge in [0.15, 0.2) is 0 Å². The maximum atomic E-state index is 11.8. The van der Waals surface area contributed by atoms with Gasteiger partial charge in [0.25, 0.3) is 0 Å². The number of thioether (sulfide) groups is 1. The Hall–Kier alpha value is -2.22. The molecule has 0 aromatic heterocycles. The van der Waals surface area contributed by atoms with Crippen molar-refractivity contribution in [1.82, 2.24) is 5.32 Å². The van der Waals surface area contributed by atoms with Crippen LogP contribution in [0.1, 0.15) is 12.8 Å². The molecule has 0 aliphatic rings. The second kappa shape index (κ2) is 10.5. The SMILES string of the molecule is COc1ccccc1NC(=O)CSCC(=O)NCCCC(=O)O. The molecule has 0 atom stereocenters. The number of amides is 2. The van der Waals surface area contributed by atoms with Crippen LogP contribution in [0.2, 0.25) is 0 Å². The third-order valence-electron chi connectivity index (χ3n) is 2.74. The van der Waals surface area contributed by atoms with Gasteiger partial charge in [-0.3, -0.25) is 14.4 Å². The van der Waals surface area contributed by atoms with Crippen molar-refractivity contribution in [2.24, 2.45) is 0 Å². The summed E-state index contributed by atoms with van der Waals surface area (Å²) >= 11 is 1.19. The molecule has 0 aliphatic heterocycles. The van der Waals surface area contributed by atoms with Gasteiger partial charge >= 0.3 is 5.97 Å². The Balaban J connectivity index is 2.21. The van der Waals surface area contributed by atoms with E-state index in [1.54, 1.807) is 24.3 Å². The fourth-order valence-electron chi connectivity index (χ4n) is 1.69. The molecule has 0 fully saturated rings. The number of aliphatic carboxylic acids is 1. The lowest BCUT2D eigenvalue weighted by Crippen LogP contribution is -2.27. The molecule has 0 aliphatic carbocycles. The summed E-state index contributed by atoms with van der Waals surface area (Å²) in [6.07, 6.45) is 0.411. The van der Waals surface area contributed by atoms with Crippen LogP contribution >= 0.6 is 11.8 Å².